The molecule has 0 aliphatic rings. The zero-order valence-electron chi connectivity index (χ0n) is 8.86. The smallest absolute Gasteiger partial charge is 0.133 e. The van der Waals surface area contributed by atoms with Crippen molar-refractivity contribution in [1.29, 1.82) is 0 Å². The average molecular weight is 233 g/mol. The molecule has 2 rings (SSSR count). The number of benzene rings is 1. The van der Waals surface area contributed by atoms with E-state index in [-0.39, 0.29) is 0 Å². The Hall–Kier alpha value is -1.38. The van der Waals surface area contributed by atoms with E-state index in [0.29, 0.717) is 11.7 Å². The predicted molar refractivity (Wildman–Crippen MR) is 66.4 cm³/mol. The lowest BCUT2D eigenvalue weighted by Gasteiger charge is -2.05. The van der Waals surface area contributed by atoms with Crippen molar-refractivity contribution in [3.63, 3.8) is 0 Å². The average Bonchev–Trinajstić information content (AvgIpc) is 2.33. The van der Waals surface area contributed by atoms with Gasteiger partial charge in [0.25, 0.3) is 0 Å². The van der Waals surface area contributed by atoms with E-state index in [4.69, 9.17) is 17.3 Å². The van der Waals surface area contributed by atoms with Crippen LogP contribution in [0.15, 0.2) is 42.6 Å². The summed E-state index contributed by atoms with van der Waals surface area (Å²) in [6.45, 7) is 0.425. The van der Waals surface area contributed by atoms with Crippen LogP contribution in [-0.2, 0) is 13.0 Å². The zero-order chi connectivity index (χ0) is 11.4. The van der Waals surface area contributed by atoms with E-state index in [9.17, 15) is 0 Å². The van der Waals surface area contributed by atoms with Crippen LogP contribution in [0.1, 0.15) is 16.7 Å². The second kappa shape index (κ2) is 5.10. The van der Waals surface area contributed by atoms with E-state index in [1.165, 1.54) is 5.56 Å². The van der Waals surface area contributed by atoms with Crippen LogP contribution in [0, 0.1) is 0 Å². The Labute approximate surface area is 100 Å². The Morgan fingerprint density at radius 3 is 2.56 bits per heavy atom. The van der Waals surface area contributed by atoms with E-state index < -0.39 is 0 Å². The van der Waals surface area contributed by atoms with Crippen LogP contribution in [0.25, 0.3) is 0 Å². The van der Waals surface area contributed by atoms with E-state index in [1.54, 1.807) is 6.20 Å². The lowest BCUT2D eigenvalue weighted by Crippen LogP contribution is -2.00. The van der Waals surface area contributed by atoms with E-state index in [1.807, 2.05) is 24.3 Å². The largest absolute Gasteiger partial charge is 0.326 e. The topological polar surface area (TPSA) is 38.9 Å². The molecule has 16 heavy (non-hydrogen) atoms. The Morgan fingerprint density at radius 1 is 1.12 bits per heavy atom. The Bertz CT molecular complexity index is 469. The van der Waals surface area contributed by atoms with Crippen LogP contribution in [0.5, 0.6) is 0 Å². The van der Waals surface area contributed by atoms with Gasteiger partial charge in [-0.05, 0) is 23.6 Å². The second-order valence-corrected chi connectivity index (χ2v) is 4.02. The molecule has 0 bridgehead atoms. The van der Waals surface area contributed by atoms with Crippen molar-refractivity contribution >= 4 is 11.6 Å². The maximum Gasteiger partial charge on any atom is 0.133 e. The highest BCUT2D eigenvalue weighted by molar-refractivity contribution is 6.30. The van der Waals surface area contributed by atoms with Crippen molar-refractivity contribution < 1.29 is 0 Å². The summed E-state index contributed by atoms with van der Waals surface area (Å²) in [5.74, 6) is 0. The van der Waals surface area contributed by atoms with Gasteiger partial charge in [-0.25, -0.2) is 4.98 Å². The maximum atomic E-state index is 5.91. The third-order valence-electron chi connectivity index (χ3n) is 2.44. The van der Waals surface area contributed by atoms with Crippen LogP contribution < -0.4 is 5.73 Å². The molecule has 0 radical (unpaired) electrons. The van der Waals surface area contributed by atoms with Crippen LogP contribution >= 0.6 is 11.6 Å². The molecular weight excluding hydrogens is 220 g/mol. The number of nitrogens with two attached hydrogens (primary N) is 1. The molecule has 1 aromatic carbocycles. The molecule has 1 heterocycles. The van der Waals surface area contributed by atoms with Gasteiger partial charge in [0.05, 0.1) is 0 Å². The standard InChI is InChI=1S/C13H13ClN2/c14-13-12(8-15)7-11(9-16-13)6-10-4-2-1-3-5-10/h1-5,7,9H,6,8,15H2. The van der Waals surface area contributed by atoms with E-state index in [0.717, 1.165) is 17.5 Å². The first-order valence-corrected chi connectivity index (χ1v) is 5.54. The highest BCUT2D eigenvalue weighted by atomic mass is 35.5. The quantitative estimate of drug-likeness (QED) is 0.827. The van der Waals surface area contributed by atoms with Gasteiger partial charge in [0.15, 0.2) is 0 Å². The molecule has 1 aromatic heterocycles. The summed E-state index contributed by atoms with van der Waals surface area (Å²) in [7, 11) is 0. The molecule has 2 nitrogen and oxygen atoms in total. The number of nitrogens with zero attached hydrogens (tertiary/aromatic N) is 1. The second-order valence-electron chi connectivity index (χ2n) is 3.66. The van der Waals surface area contributed by atoms with Crippen molar-refractivity contribution in [2.75, 3.05) is 0 Å². The summed E-state index contributed by atoms with van der Waals surface area (Å²) in [6, 6.07) is 12.3. The third-order valence-corrected chi connectivity index (χ3v) is 2.78. The minimum atomic E-state index is 0.425. The van der Waals surface area contributed by atoms with Crippen molar-refractivity contribution in [3.05, 3.63) is 64.4 Å². The number of halogens is 1. The summed E-state index contributed by atoms with van der Waals surface area (Å²) < 4.78 is 0. The molecule has 0 aliphatic heterocycles. The first kappa shape index (κ1) is 11.1. The molecule has 3 heteroatoms. The summed E-state index contributed by atoms with van der Waals surface area (Å²) in [6.07, 6.45) is 2.66. The molecule has 0 saturated heterocycles. The van der Waals surface area contributed by atoms with Gasteiger partial charge in [0.2, 0.25) is 0 Å². The number of rotatable bonds is 3. The molecule has 0 aliphatic carbocycles. The number of aromatic nitrogens is 1. The predicted octanol–water partition coefficient (Wildman–Crippen LogP) is 2.78. The molecule has 0 unspecified atom stereocenters. The van der Waals surface area contributed by atoms with Crippen LogP contribution in [0.2, 0.25) is 5.15 Å². The van der Waals surface area contributed by atoms with Gasteiger partial charge < -0.3 is 5.73 Å². The normalized spacial score (nSPS) is 10.4. The SMILES string of the molecule is NCc1cc(Cc2ccccc2)cnc1Cl. The molecule has 0 saturated carbocycles. The van der Waals surface area contributed by atoms with Gasteiger partial charge in [-0.3, -0.25) is 0 Å². The van der Waals surface area contributed by atoms with Crippen molar-refractivity contribution in [2.24, 2.45) is 5.73 Å². The Balaban J connectivity index is 2.22. The zero-order valence-corrected chi connectivity index (χ0v) is 9.61. The van der Waals surface area contributed by atoms with Crippen LogP contribution in [-0.4, -0.2) is 4.98 Å². The minimum absolute atomic E-state index is 0.425. The fraction of sp³-hybridized carbons (Fsp3) is 0.154. The number of hydrogen-bond donors (Lipinski definition) is 1. The van der Waals surface area contributed by atoms with Gasteiger partial charge in [-0.2, -0.15) is 0 Å². The first-order valence-electron chi connectivity index (χ1n) is 5.17. The van der Waals surface area contributed by atoms with Crippen LogP contribution in [0.4, 0.5) is 0 Å². The van der Waals surface area contributed by atoms with E-state index >= 15 is 0 Å². The van der Waals surface area contributed by atoms with Crippen molar-refractivity contribution in [3.8, 4) is 0 Å². The maximum absolute atomic E-state index is 5.91. The molecule has 82 valence electrons. The molecule has 0 amide bonds. The van der Waals surface area contributed by atoms with Gasteiger partial charge in [0, 0.05) is 18.3 Å². The monoisotopic (exact) mass is 232 g/mol. The van der Waals surface area contributed by atoms with Gasteiger partial charge in [-0.1, -0.05) is 41.9 Å². The summed E-state index contributed by atoms with van der Waals surface area (Å²) in [5, 5.41) is 0.499. The molecular formula is C13H13ClN2. The fourth-order valence-electron chi connectivity index (χ4n) is 1.61. The summed E-state index contributed by atoms with van der Waals surface area (Å²) >= 11 is 5.91. The molecule has 0 spiro atoms. The van der Waals surface area contributed by atoms with Crippen LogP contribution in [0.3, 0.4) is 0 Å². The molecule has 0 fully saturated rings. The third kappa shape index (κ3) is 2.60. The summed E-state index contributed by atoms with van der Waals surface area (Å²) in [5.41, 5.74) is 8.88. The molecule has 2 N–H and O–H groups in total. The van der Waals surface area contributed by atoms with Crippen molar-refractivity contribution in [2.45, 2.75) is 13.0 Å². The number of hydrogen-bond acceptors (Lipinski definition) is 2. The summed E-state index contributed by atoms with van der Waals surface area (Å²) in [4.78, 5) is 4.13. The van der Waals surface area contributed by atoms with E-state index in [2.05, 4.69) is 17.1 Å². The lowest BCUT2D eigenvalue weighted by atomic mass is 10.1. The number of pyridine rings is 1. The van der Waals surface area contributed by atoms with Gasteiger partial charge in [-0.15, -0.1) is 0 Å². The first-order chi connectivity index (χ1) is 7.79. The Kier molecular flexibility index (Phi) is 3.54. The minimum Gasteiger partial charge on any atom is -0.326 e. The highest BCUT2D eigenvalue weighted by Gasteiger charge is 2.02. The van der Waals surface area contributed by atoms with Gasteiger partial charge >= 0.3 is 0 Å². The highest BCUT2D eigenvalue weighted by Crippen LogP contribution is 2.16. The van der Waals surface area contributed by atoms with Gasteiger partial charge in [0.1, 0.15) is 5.15 Å². The lowest BCUT2D eigenvalue weighted by molar-refractivity contribution is 1.02. The Morgan fingerprint density at radius 2 is 1.88 bits per heavy atom. The molecule has 0 atom stereocenters. The fourth-order valence-corrected chi connectivity index (χ4v) is 1.79. The molecule has 2 aromatic rings. The van der Waals surface area contributed by atoms with Crippen molar-refractivity contribution in [1.82, 2.24) is 4.98 Å².